The molecule has 0 fully saturated rings. The van der Waals surface area contributed by atoms with Gasteiger partial charge in [-0.25, -0.2) is 4.31 Å². The Morgan fingerprint density at radius 2 is 2.08 bits per heavy atom. The molecule has 2 rings (SSSR count). The Kier molecular flexibility index (Phi) is 2.66. The van der Waals surface area contributed by atoms with Crippen LogP contribution in [-0.2, 0) is 0 Å². The molecule has 0 saturated carbocycles. The van der Waals surface area contributed by atoms with Gasteiger partial charge in [0.15, 0.2) is 0 Å². The Bertz CT molecular complexity index is 297. The third kappa shape index (κ3) is 2.32. The summed E-state index contributed by atoms with van der Waals surface area (Å²) in [5, 5.41) is 0. The molecule has 1 aliphatic heterocycles. The molecule has 0 atom stereocenters. The van der Waals surface area contributed by atoms with Crippen LogP contribution in [0.4, 0.5) is 0 Å². The summed E-state index contributed by atoms with van der Waals surface area (Å²) in [7, 11) is 0. The summed E-state index contributed by atoms with van der Waals surface area (Å²) in [4.78, 5) is 5.47. The predicted octanol–water partition coefficient (Wildman–Crippen LogP) is 2.27. The van der Waals surface area contributed by atoms with E-state index in [2.05, 4.69) is 27.5 Å². The van der Waals surface area contributed by atoms with Gasteiger partial charge in [-0.05, 0) is 31.0 Å². The maximum atomic E-state index is 4.25. The van der Waals surface area contributed by atoms with E-state index in [1.807, 2.05) is 19.2 Å². The second-order valence-electron chi connectivity index (χ2n) is 3.04. The number of aromatic nitrogens is 1. The molecule has 0 radical (unpaired) electrons. The first-order valence-electron chi connectivity index (χ1n) is 4.35. The molecular weight excluding hydrogens is 180 g/mol. The van der Waals surface area contributed by atoms with Crippen LogP contribution >= 0.6 is 11.9 Å². The predicted molar refractivity (Wildman–Crippen MR) is 55.5 cm³/mol. The third-order valence-electron chi connectivity index (χ3n) is 1.90. The van der Waals surface area contributed by atoms with Crippen molar-refractivity contribution in [3.63, 3.8) is 0 Å². The van der Waals surface area contributed by atoms with Crippen molar-refractivity contribution in [1.82, 2.24) is 9.29 Å². The topological polar surface area (TPSA) is 16.1 Å². The minimum atomic E-state index is 1.04. The lowest BCUT2D eigenvalue weighted by molar-refractivity contribution is 0.610. The van der Waals surface area contributed by atoms with Crippen molar-refractivity contribution in [2.75, 3.05) is 13.1 Å². The van der Waals surface area contributed by atoms with Crippen LogP contribution in [0.15, 0.2) is 35.4 Å². The molecule has 3 heteroatoms. The quantitative estimate of drug-likeness (QED) is 0.528. The van der Waals surface area contributed by atoms with Crippen LogP contribution in [0.3, 0.4) is 0 Å². The molecule has 0 N–H and O–H groups in total. The highest BCUT2D eigenvalue weighted by atomic mass is 32.2. The Balaban J connectivity index is 1.97. The smallest absolute Gasteiger partial charge is 0.0420 e. The third-order valence-corrected chi connectivity index (χ3v) is 2.91. The van der Waals surface area contributed by atoms with Gasteiger partial charge in [-0.3, -0.25) is 4.98 Å². The SMILES string of the molecule is Cc1ccc(SN2CC=CC2)cn1. The van der Waals surface area contributed by atoms with Crippen LogP contribution < -0.4 is 0 Å². The highest BCUT2D eigenvalue weighted by molar-refractivity contribution is 7.97. The van der Waals surface area contributed by atoms with E-state index in [-0.39, 0.29) is 0 Å². The van der Waals surface area contributed by atoms with E-state index >= 15 is 0 Å². The number of nitrogens with zero attached hydrogens (tertiary/aromatic N) is 2. The van der Waals surface area contributed by atoms with E-state index in [1.54, 1.807) is 11.9 Å². The fraction of sp³-hybridized carbons (Fsp3) is 0.300. The summed E-state index contributed by atoms with van der Waals surface area (Å²) in [6, 6.07) is 4.16. The van der Waals surface area contributed by atoms with E-state index in [9.17, 15) is 0 Å². The van der Waals surface area contributed by atoms with Crippen LogP contribution in [0, 0.1) is 6.92 Å². The van der Waals surface area contributed by atoms with Gasteiger partial charge in [0.1, 0.15) is 0 Å². The van der Waals surface area contributed by atoms with Crippen LogP contribution in [-0.4, -0.2) is 22.4 Å². The van der Waals surface area contributed by atoms with Gasteiger partial charge in [-0.2, -0.15) is 0 Å². The Morgan fingerprint density at radius 1 is 1.31 bits per heavy atom. The lowest BCUT2D eigenvalue weighted by Crippen LogP contribution is -2.09. The average Bonchev–Trinajstić information content (AvgIpc) is 2.62. The van der Waals surface area contributed by atoms with Gasteiger partial charge in [0.2, 0.25) is 0 Å². The zero-order valence-corrected chi connectivity index (χ0v) is 8.42. The minimum absolute atomic E-state index is 1.04. The fourth-order valence-electron chi connectivity index (χ4n) is 1.19. The van der Waals surface area contributed by atoms with Gasteiger partial charge < -0.3 is 0 Å². The number of pyridine rings is 1. The maximum absolute atomic E-state index is 4.25. The molecule has 0 aliphatic carbocycles. The molecule has 1 aromatic rings. The van der Waals surface area contributed by atoms with Crippen molar-refractivity contribution in [3.8, 4) is 0 Å². The monoisotopic (exact) mass is 192 g/mol. The summed E-state index contributed by atoms with van der Waals surface area (Å²) in [6.07, 6.45) is 6.31. The standard InChI is InChI=1S/C10H12N2S/c1-9-4-5-10(8-11-9)13-12-6-2-3-7-12/h2-5,8H,6-7H2,1H3. The van der Waals surface area contributed by atoms with E-state index in [1.165, 1.54) is 4.90 Å². The Labute approximate surface area is 82.8 Å². The zero-order valence-electron chi connectivity index (χ0n) is 7.60. The number of hydrogen-bond donors (Lipinski definition) is 0. The first kappa shape index (κ1) is 8.78. The number of aryl methyl sites for hydroxylation is 1. The highest BCUT2D eigenvalue weighted by Gasteiger charge is 2.07. The second kappa shape index (κ2) is 3.94. The van der Waals surface area contributed by atoms with E-state index in [0.29, 0.717) is 0 Å². The van der Waals surface area contributed by atoms with Gasteiger partial charge in [0.05, 0.1) is 0 Å². The Morgan fingerprint density at radius 3 is 2.69 bits per heavy atom. The first-order chi connectivity index (χ1) is 6.34. The minimum Gasteiger partial charge on any atom is -0.260 e. The molecule has 0 bridgehead atoms. The zero-order chi connectivity index (χ0) is 9.10. The maximum Gasteiger partial charge on any atom is 0.0420 e. The summed E-state index contributed by atoms with van der Waals surface area (Å²) in [5.41, 5.74) is 1.07. The molecule has 0 amide bonds. The lowest BCUT2D eigenvalue weighted by Gasteiger charge is -2.12. The van der Waals surface area contributed by atoms with Crippen molar-refractivity contribution in [2.24, 2.45) is 0 Å². The molecular formula is C10H12N2S. The second-order valence-corrected chi connectivity index (χ2v) is 4.22. The van der Waals surface area contributed by atoms with Gasteiger partial charge in [0, 0.05) is 29.9 Å². The Hall–Kier alpha value is -0.800. The molecule has 0 spiro atoms. The molecule has 2 heterocycles. The van der Waals surface area contributed by atoms with E-state index in [0.717, 1.165) is 18.8 Å². The molecule has 1 aliphatic rings. The number of hydrogen-bond acceptors (Lipinski definition) is 3. The molecule has 68 valence electrons. The van der Waals surface area contributed by atoms with Crippen LogP contribution in [0.1, 0.15) is 5.69 Å². The van der Waals surface area contributed by atoms with Gasteiger partial charge in [0.25, 0.3) is 0 Å². The van der Waals surface area contributed by atoms with Crippen molar-refractivity contribution in [1.29, 1.82) is 0 Å². The normalized spacial score (nSPS) is 16.7. The van der Waals surface area contributed by atoms with Crippen molar-refractivity contribution < 1.29 is 0 Å². The summed E-state index contributed by atoms with van der Waals surface area (Å²) < 4.78 is 2.30. The summed E-state index contributed by atoms with van der Waals surface area (Å²) >= 11 is 1.77. The van der Waals surface area contributed by atoms with Crippen LogP contribution in [0.25, 0.3) is 0 Å². The van der Waals surface area contributed by atoms with E-state index < -0.39 is 0 Å². The molecule has 0 unspecified atom stereocenters. The summed E-state index contributed by atoms with van der Waals surface area (Å²) in [6.45, 7) is 4.09. The van der Waals surface area contributed by atoms with Crippen molar-refractivity contribution in [2.45, 2.75) is 11.8 Å². The van der Waals surface area contributed by atoms with Crippen molar-refractivity contribution >= 4 is 11.9 Å². The van der Waals surface area contributed by atoms with Gasteiger partial charge in [-0.1, -0.05) is 12.2 Å². The van der Waals surface area contributed by atoms with Crippen LogP contribution in [0.5, 0.6) is 0 Å². The molecule has 0 saturated heterocycles. The highest BCUT2D eigenvalue weighted by Crippen LogP contribution is 2.23. The van der Waals surface area contributed by atoms with Crippen LogP contribution in [0.2, 0.25) is 0 Å². The molecule has 2 nitrogen and oxygen atoms in total. The molecule has 13 heavy (non-hydrogen) atoms. The largest absolute Gasteiger partial charge is 0.260 e. The fourth-order valence-corrected chi connectivity index (χ4v) is 2.04. The molecule has 0 aromatic carbocycles. The van der Waals surface area contributed by atoms with Gasteiger partial charge in [-0.15, -0.1) is 0 Å². The van der Waals surface area contributed by atoms with E-state index in [4.69, 9.17) is 0 Å². The average molecular weight is 192 g/mol. The van der Waals surface area contributed by atoms with Crippen molar-refractivity contribution in [3.05, 3.63) is 36.2 Å². The number of rotatable bonds is 2. The summed E-state index contributed by atoms with van der Waals surface area (Å²) in [5.74, 6) is 0. The lowest BCUT2D eigenvalue weighted by atomic mass is 10.4. The van der Waals surface area contributed by atoms with Gasteiger partial charge >= 0.3 is 0 Å². The first-order valence-corrected chi connectivity index (χ1v) is 5.12. The molecule has 1 aromatic heterocycles.